The van der Waals surface area contributed by atoms with Crippen LogP contribution in [0.3, 0.4) is 0 Å². The van der Waals surface area contributed by atoms with Crippen LogP contribution < -0.4 is 10.2 Å². The Kier molecular flexibility index (Phi) is 58.8. The molecular formula is C68H135N2O6P. The number of carbonyl (C=O) groups excluding carboxylic acids is 1. The number of aliphatic hydroxyl groups excluding tert-OH is 1. The van der Waals surface area contributed by atoms with Crippen LogP contribution in [-0.4, -0.2) is 68.5 Å². The Morgan fingerprint density at radius 1 is 0.442 bits per heavy atom. The van der Waals surface area contributed by atoms with Crippen molar-refractivity contribution in [1.29, 1.82) is 0 Å². The van der Waals surface area contributed by atoms with Crippen LogP contribution in [0.5, 0.6) is 0 Å². The van der Waals surface area contributed by atoms with E-state index in [4.69, 9.17) is 9.05 Å². The van der Waals surface area contributed by atoms with Gasteiger partial charge in [0.05, 0.1) is 39.9 Å². The smallest absolute Gasteiger partial charge is 0.268 e. The molecule has 77 heavy (non-hydrogen) atoms. The third kappa shape index (κ3) is 62.4. The van der Waals surface area contributed by atoms with Gasteiger partial charge in [-0.2, -0.15) is 0 Å². The molecule has 0 spiro atoms. The van der Waals surface area contributed by atoms with Crippen molar-refractivity contribution in [3.63, 3.8) is 0 Å². The number of quaternary nitrogens is 1. The number of nitrogens with zero attached hydrogens (tertiary/aromatic N) is 1. The highest BCUT2D eigenvalue weighted by molar-refractivity contribution is 7.45. The van der Waals surface area contributed by atoms with E-state index in [1.165, 1.54) is 295 Å². The average Bonchev–Trinajstić information content (AvgIpc) is 3.39. The minimum Gasteiger partial charge on any atom is -0.756 e. The summed E-state index contributed by atoms with van der Waals surface area (Å²) in [6, 6.07) is -0.886. The van der Waals surface area contributed by atoms with Crippen molar-refractivity contribution in [2.75, 3.05) is 40.9 Å². The molecule has 0 aliphatic rings. The number of nitrogens with one attached hydrogen (secondary N) is 1. The molecule has 0 fully saturated rings. The minimum absolute atomic E-state index is 0.00155. The summed E-state index contributed by atoms with van der Waals surface area (Å²) in [7, 11) is 1.28. The summed E-state index contributed by atoms with van der Waals surface area (Å²) in [6.45, 7) is 4.71. The number of aliphatic hydroxyl groups is 1. The van der Waals surface area contributed by atoms with Gasteiger partial charge in [0.25, 0.3) is 7.82 Å². The number of amides is 1. The second-order valence-electron chi connectivity index (χ2n) is 24.9. The maximum Gasteiger partial charge on any atom is 0.268 e. The monoisotopic (exact) mass is 1110 g/mol. The molecule has 1 amide bonds. The molecule has 0 aromatic rings. The van der Waals surface area contributed by atoms with Gasteiger partial charge in [0.15, 0.2) is 0 Å². The van der Waals surface area contributed by atoms with Crippen molar-refractivity contribution < 1.29 is 32.9 Å². The van der Waals surface area contributed by atoms with Crippen LogP contribution in [0.4, 0.5) is 0 Å². The van der Waals surface area contributed by atoms with E-state index in [9.17, 15) is 19.4 Å². The molecule has 458 valence electrons. The lowest BCUT2D eigenvalue weighted by Gasteiger charge is -2.29. The van der Waals surface area contributed by atoms with E-state index in [2.05, 4.69) is 31.3 Å². The van der Waals surface area contributed by atoms with E-state index in [1.807, 2.05) is 27.2 Å². The van der Waals surface area contributed by atoms with Gasteiger partial charge >= 0.3 is 0 Å². The molecule has 0 radical (unpaired) electrons. The number of phosphoric acid groups is 1. The fourth-order valence-corrected chi connectivity index (χ4v) is 11.3. The van der Waals surface area contributed by atoms with Crippen LogP contribution in [0.15, 0.2) is 24.3 Å². The van der Waals surface area contributed by atoms with Gasteiger partial charge in [0, 0.05) is 6.42 Å². The molecule has 0 saturated heterocycles. The van der Waals surface area contributed by atoms with Gasteiger partial charge in [-0.3, -0.25) is 9.36 Å². The Labute approximate surface area is 481 Å². The van der Waals surface area contributed by atoms with Crippen molar-refractivity contribution in [3.05, 3.63) is 24.3 Å². The van der Waals surface area contributed by atoms with Crippen LogP contribution in [-0.2, 0) is 18.4 Å². The third-order valence-corrected chi connectivity index (χ3v) is 16.9. The summed E-state index contributed by atoms with van der Waals surface area (Å²) in [6.07, 6.45) is 77.2. The predicted molar refractivity (Wildman–Crippen MR) is 335 cm³/mol. The predicted octanol–water partition coefficient (Wildman–Crippen LogP) is 20.9. The third-order valence-electron chi connectivity index (χ3n) is 15.9. The van der Waals surface area contributed by atoms with E-state index < -0.39 is 20.0 Å². The molecule has 9 heteroatoms. The zero-order chi connectivity index (χ0) is 56.3. The van der Waals surface area contributed by atoms with Crippen molar-refractivity contribution in [2.24, 2.45) is 0 Å². The van der Waals surface area contributed by atoms with Crippen LogP contribution in [0.1, 0.15) is 354 Å². The van der Waals surface area contributed by atoms with Crippen molar-refractivity contribution in [2.45, 2.75) is 366 Å². The summed E-state index contributed by atoms with van der Waals surface area (Å²) >= 11 is 0. The van der Waals surface area contributed by atoms with Crippen molar-refractivity contribution >= 4 is 13.7 Å². The molecule has 0 aromatic heterocycles. The highest BCUT2D eigenvalue weighted by atomic mass is 31.2. The summed E-state index contributed by atoms with van der Waals surface area (Å²) < 4.78 is 23.4. The number of unbranched alkanes of at least 4 members (excludes halogenated alkanes) is 49. The van der Waals surface area contributed by atoms with Crippen LogP contribution >= 0.6 is 7.82 Å². The van der Waals surface area contributed by atoms with E-state index >= 15 is 0 Å². The van der Waals surface area contributed by atoms with Crippen LogP contribution in [0.2, 0.25) is 0 Å². The number of rotatable bonds is 64. The lowest BCUT2D eigenvalue weighted by atomic mass is 10.0. The van der Waals surface area contributed by atoms with Gasteiger partial charge < -0.3 is 28.8 Å². The van der Waals surface area contributed by atoms with Crippen LogP contribution in [0.25, 0.3) is 0 Å². The second kappa shape index (κ2) is 59.6. The molecule has 0 heterocycles. The first kappa shape index (κ1) is 76.0. The van der Waals surface area contributed by atoms with Crippen LogP contribution in [0, 0.1) is 0 Å². The molecule has 3 atom stereocenters. The zero-order valence-electron chi connectivity index (χ0n) is 52.4. The van der Waals surface area contributed by atoms with E-state index in [0.29, 0.717) is 17.4 Å². The Balaban J connectivity index is 4.05. The molecule has 8 nitrogen and oxygen atoms in total. The minimum atomic E-state index is -4.60. The van der Waals surface area contributed by atoms with E-state index in [-0.39, 0.29) is 19.1 Å². The number of carbonyl (C=O) groups is 1. The standard InChI is InChI=1S/C68H135N2O6P/c1-6-8-10-12-14-16-18-20-22-24-26-28-30-32-33-34-35-36-37-38-40-42-44-46-48-50-52-54-56-58-60-62-68(72)69-66(65-76-77(73,74)75-64-63-70(3,4)5)67(71)61-59-57-55-53-51-49-47-45-43-41-39-31-29-27-25-23-21-19-17-15-13-11-9-7-2/h32-33,59,61,66-67,71H,6-31,34-58,60,62-65H2,1-5H3,(H-,69,72,73,74)/b33-32-,61-59+. The molecule has 3 unspecified atom stereocenters. The summed E-state index contributed by atoms with van der Waals surface area (Å²) in [5.74, 6) is -0.190. The SMILES string of the molecule is CCCCCCCCCCCCCC/C=C\CCCCCCCCCCCCCCCCCC(=O)NC(COP(=O)([O-])OCC[N+](C)(C)C)C(O)/C=C/CCCCCCCCCCCCCCCCCCCCCCCC. The molecule has 0 aromatic carbocycles. The fourth-order valence-electron chi connectivity index (χ4n) is 10.6. The molecule has 2 N–H and O–H groups in total. The maximum absolute atomic E-state index is 13.0. The second-order valence-corrected chi connectivity index (χ2v) is 26.3. The number of hydrogen-bond acceptors (Lipinski definition) is 6. The van der Waals surface area contributed by atoms with E-state index in [1.54, 1.807) is 6.08 Å². The topological polar surface area (TPSA) is 108 Å². The fraction of sp³-hybridized carbons (Fsp3) is 0.926. The molecular weight excluding hydrogens is 972 g/mol. The molecule has 0 bridgehead atoms. The molecule has 0 saturated carbocycles. The highest BCUT2D eigenvalue weighted by Crippen LogP contribution is 2.38. The first-order chi connectivity index (χ1) is 37.5. The first-order valence-electron chi connectivity index (χ1n) is 34.2. The van der Waals surface area contributed by atoms with Gasteiger partial charge in [-0.15, -0.1) is 0 Å². The number of phosphoric ester groups is 1. The Bertz CT molecular complexity index is 1300. The number of hydrogen-bond donors (Lipinski definition) is 2. The number of likely N-dealkylation sites (N-methyl/N-ethyl adjacent to an activating group) is 1. The van der Waals surface area contributed by atoms with Gasteiger partial charge in [-0.1, -0.05) is 327 Å². The summed E-state index contributed by atoms with van der Waals surface area (Å²) in [4.78, 5) is 25.6. The van der Waals surface area contributed by atoms with Gasteiger partial charge in [0.1, 0.15) is 13.2 Å². The molecule has 0 aliphatic carbocycles. The normalized spacial score (nSPS) is 13.8. The summed E-state index contributed by atoms with van der Waals surface area (Å²) in [5.41, 5.74) is 0. The first-order valence-corrected chi connectivity index (χ1v) is 35.7. The quantitative estimate of drug-likeness (QED) is 0.0272. The lowest BCUT2D eigenvalue weighted by molar-refractivity contribution is -0.870. The highest BCUT2D eigenvalue weighted by Gasteiger charge is 2.23. The Morgan fingerprint density at radius 3 is 1.01 bits per heavy atom. The van der Waals surface area contributed by atoms with Gasteiger partial charge in [-0.05, 0) is 44.9 Å². The number of allylic oxidation sites excluding steroid dienone is 3. The van der Waals surface area contributed by atoms with E-state index in [0.717, 1.165) is 38.5 Å². The van der Waals surface area contributed by atoms with Gasteiger partial charge in [0.2, 0.25) is 5.91 Å². The molecule has 0 aliphatic heterocycles. The van der Waals surface area contributed by atoms with Crippen molar-refractivity contribution in [3.8, 4) is 0 Å². The molecule has 0 rings (SSSR count). The van der Waals surface area contributed by atoms with Crippen molar-refractivity contribution in [1.82, 2.24) is 5.32 Å². The largest absolute Gasteiger partial charge is 0.756 e. The van der Waals surface area contributed by atoms with Gasteiger partial charge in [-0.25, -0.2) is 0 Å². The zero-order valence-corrected chi connectivity index (χ0v) is 53.3. The summed E-state index contributed by atoms with van der Waals surface area (Å²) in [5, 5.41) is 14.0. The average molecular weight is 1110 g/mol. The Hall–Kier alpha value is -1.02. The lowest BCUT2D eigenvalue weighted by Crippen LogP contribution is -2.45. The maximum atomic E-state index is 13.0. The Morgan fingerprint density at radius 2 is 0.714 bits per heavy atom.